The van der Waals surface area contributed by atoms with Crippen LogP contribution in [0, 0.1) is 0 Å². The quantitative estimate of drug-likeness (QED) is 0.682. The van der Waals surface area contributed by atoms with Crippen molar-refractivity contribution in [3.8, 4) is 0 Å². The molecule has 0 aliphatic rings. The van der Waals surface area contributed by atoms with E-state index in [0.717, 1.165) is 23.2 Å². The Morgan fingerprint density at radius 1 is 1.05 bits per heavy atom. The predicted octanol–water partition coefficient (Wildman–Crippen LogP) is 3.82. The van der Waals surface area contributed by atoms with Crippen LogP contribution < -0.4 is 0 Å². The van der Waals surface area contributed by atoms with E-state index in [4.69, 9.17) is 0 Å². The molecule has 0 aliphatic carbocycles. The van der Waals surface area contributed by atoms with Crippen LogP contribution in [0.3, 0.4) is 0 Å². The summed E-state index contributed by atoms with van der Waals surface area (Å²) in [5.41, 5.74) is 1.34. The highest BCUT2D eigenvalue weighted by molar-refractivity contribution is 7.98. The molecule has 0 bridgehead atoms. The van der Waals surface area contributed by atoms with Crippen molar-refractivity contribution in [3.05, 3.63) is 53.9 Å². The molecule has 0 aliphatic heterocycles. The molecule has 0 fully saturated rings. The molecule has 3 nitrogen and oxygen atoms in total. The first kappa shape index (κ1) is 13.2. The molecule has 0 spiro atoms. The third-order valence-corrected chi connectivity index (χ3v) is 4.55. The number of hydrogen-bond acceptors (Lipinski definition) is 3. The maximum Gasteiger partial charge on any atom is 0.191 e. The molecule has 0 amide bonds. The summed E-state index contributed by atoms with van der Waals surface area (Å²) in [5.74, 6) is 1.95. The Morgan fingerprint density at radius 3 is 2.65 bits per heavy atom. The summed E-state index contributed by atoms with van der Waals surface area (Å²) in [6.45, 7) is 2.10. The molecule has 20 heavy (non-hydrogen) atoms. The zero-order chi connectivity index (χ0) is 13.9. The predicted molar refractivity (Wildman–Crippen MR) is 83.9 cm³/mol. The molecule has 0 atom stereocenters. The molecular formula is C16H17N3S. The van der Waals surface area contributed by atoms with Crippen LogP contribution in [-0.2, 0) is 19.2 Å². The van der Waals surface area contributed by atoms with Crippen LogP contribution >= 0.6 is 11.8 Å². The Labute approximate surface area is 123 Å². The van der Waals surface area contributed by atoms with Gasteiger partial charge in [-0.3, -0.25) is 0 Å². The van der Waals surface area contributed by atoms with Crippen LogP contribution in [0.4, 0.5) is 0 Å². The lowest BCUT2D eigenvalue weighted by molar-refractivity contribution is 0.742. The van der Waals surface area contributed by atoms with Crippen molar-refractivity contribution in [2.45, 2.75) is 24.3 Å². The van der Waals surface area contributed by atoms with Crippen molar-refractivity contribution >= 4 is 22.5 Å². The number of rotatable bonds is 4. The molecular weight excluding hydrogens is 266 g/mol. The van der Waals surface area contributed by atoms with E-state index in [1.165, 1.54) is 16.3 Å². The van der Waals surface area contributed by atoms with Crippen LogP contribution in [0.5, 0.6) is 0 Å². The summed E-state index contributed by atoms with van der Waals surface area (Å²) in [6.07, 6.45) is 0.915. The van der Waals surface area contributed by atoms with Crippen molar-refractivity contribution < 1.29 is 0 Å². The van der Waals surface area contributed by atoms with E-state index in [1.807, 2.05) is 7.05 Å². The van der Waals surface area contributed by atoms with E-state index in [2.05, 4.69) is 64.2 Å². The van der Waals surface area contributed by atoms with E-state index in [1.54, 1.807) is 11.8 Å². The van der Waals surface area contributed by atoms with Gasteiger partial charge in [-0.15, -0.1) is 10.2 Å². The average Bonchev–Trinajstić information content (AvgIpc) is 2.85. The Hall–Kier alpha value is -1.81. The number of benzene rings is 2. The molecule has 102 valence electrons. The monoisotopic (exact) mass is 283 g/mol. The Morgan fingerprint density at radius 2 is 1.85 bits per heavy atom. The van der Waals surface area contributed by atoms with Gasteiger partial charge in [0.25, 0.3) is 0 Å². The first-order chi connectivity index (χ1) is 9.79. The molecule has 1 heterocycles. The minimum absolute atomic E-state index is 0.914. The molecule has 0 saturated heterocycles. The standard InChI is InChI=1S/C16H17N3S/c1-3-15-17-18-16(19(15)2)20-11-13-9-6-8-12-7-4-5-10-14(12)13/h4-10H,3,11H2,1-2H3. The molecule has 0 N–H and O–H groups in total. The fourth-order valence-corrected chi connectivity index (χ4v) is 3.27. The second-order valence-electron chi connectivity index (χ2n) is 4.74. The van der Waals surface area contributed by atoms with Crippen LogP contribution in [0.2, 0.25) is 0 Å². The summed E-state index contributed by atoms with van der Waals surface area (Å²) in [4.78, 5) is 0. The lowest BCUT2D eigenvalue weighted by atomic mass is 10.1. The zero-order valence-corrected chi connectivity index (χ0v) is 12.5. The van der Waals surface area contributed by atoms with Gasteiger partial charge in [-0.2, -0.15) is 0 Å². The van der Waals surface area contributed by atoms with Gasteiger partial charge in [0.15, 0.2) is 5.16 Å². The van der Waals surface area contributed by atoms with Crippen molar-refractivity contribution in [1.29, 1.82) is 0 Å². The van der Waals surface area contributed by atoms with E-state index in [-0.39, 0.29) is 0 Å². The fourth-order valence-electron chi connectivity index (χ4n) is 2.34. The van der Waals surface area contributed by atoms with E-state index in [0.29, 0.717) is 0 Å². The Bertz CT molecular complexity index is 728. The summed E-state index contributed by atoms with van der Waals surface area (Å²) < 4.78 is 2.08. The highest BCUT2D eigenvalue weighted by Crippen LogP contribution is 2.26. The second kappa shape index (κ2) is 5.67. The summed E-state index contributed by atoms with van der Waals surface area (Å²) in [5, 5.41) is 12.0. The minimum atomic E-state index is 0.914. The van der Waals surface area contributed by atoms with Crippen LogP contribution in [-0.4, -0.2) is 14.8 Å². The van der Waals surface area contributed by atoms with E-state index >= 15 is 0 Å². The third kappa shape index (κ3) is 2.43. The molecule has 3 rings (SSSR count). The maximum atomic E-state index is 4.26. The van der Waals surface area contributed by atoms with Gasteiger partial charge in [-0.25, -0.2) is 0 Å². The number of nitrogens with zero attached hydrogens (tertiary/aromatic N) is 3. The van der Waals surface area contributed by atoms with Gasteiger partial charge in [-0.1, -0.05) is 61.2 Å². The number of hydrogen-bond donors (Lipinski definition) is 0. The summed E-state index contributed by atoms with van der Waals surface area (Å²) >= 11 is 1.74. The van der Waals surface area contributed by atoms with Crippen LogP contribution in [0.25, 0.3) is 10.8 Å². The number of aryl methyl sites for hydroxylation is 1. The zero-order valence-electron chi connectivity index (χ0n) is 11.7. The second-order valence-corrected chi connectivity index (χ2v) is 5.68. The van der Waals surface area contributed by atoms with Crippen molar-refractivity contribution in [3.63, 3.8) is 0 Å². The third-order valence-electron chi connectivity index (χ3n) is 3.48. The largest absolute Gasteiger partial charge is 0.309 e. The van der Waals surface area contributed by atoms with E-state index in [9.17, 15) is 0 Å². The van der Waals surface area contributed by atoms with Gasteiger partial charge in [-0.05, 0) is 16.3 Å². The minimum Gasteiger partial charge on any atom is -0.309 e. The molecule has 0 unspecified atom stereocenters. The van der Waals surface area contributed by atoms with Crippen LogP contribution in [0.15, 0.2) is 47.6 Å². The Kier molecular flexibility index (Phi) is 3.74. The van der Waals surface area contributed by atoms with Crippen molar-refractivity contribution in [1.82, 2.24) is 14.8 Å². The molecule has 0 radical (unpaired) electrons. The van der Waals surface area contributed by atoms with Gasteiger partial charge in [0.05, 0.1) is 0 Å². The number of thioether (sulfide) groups is 1. The highest BCUT2D eigenvalue weighted by Gasteiger charge is 2.08. The smallest absolute Gasteiger partial charge is 0.191 e. The molecule has 2 aromatic carbocycles. The first-order valence-corrected chi connectivity index (χ1v) is 7.76. The summed E-state index contributed by atoms with van der Waals surface area (Å²) in [7, 11) is 2.03. The summed E-state index contributed by atoms with van der Waals surface area (Å²) in [6, 6.07) is 15.0. The first-order valence-electron chi connectivity index (χ1n) is 6.77. The maximum absolute atomic E-state index is 4.26. The topological polar surface area (TPSA) is 30.7 Å². The van der Waals surface area contributed by atoms with E-state index < -0.39 is 0 Å². The molecule has 4 heteroatoms. The van der Waals surface area contributed by atoms with Gasteiger partial charge in [0.2, 0.25) is 0 Å². The molecule has 1 aromatic heterocycles. The average molecular weight is 283 g/mol. The fraction of sp³-hybridized carbons (Fsp3) is 0.250. The highest BCUT2D eigenvalue weighted by atomic mass is 32.2. The SMILES string of the molecule is CCc1nnc(SCc2cccc3ccccc23)n1C. The number of fused-ring (bicyclic) bond motifs is 1. The van der Waals surface area contributed by atoms with Gasteiger partial charge in [0.1, 0.15) is 5.82 Å². The van der Waals surface area contributed by atoms with Crippen molar-refractivity contribution in [2.75, 3.05) is 0 Å². The number of aromatic nitrogens is 3. The van der Waals surface area contributed by atoms with Gasteiger partial charge >= 0.3 is 0 Å². The van der Waals surface area contributed by atoms with Gasteiger partial charge < -0.3 is 4.57 Å². The lowest BCUT2D eigenvalue weighted by Gasteiger charge is -2.06. The van der Waals surface area contributed by atoms with Gasteiger partial charge in [0, 0.05) is 19.2 Å². The van der Waals surface area contributed by atoms with Crippen LogP contribution in [0.1, 0.15) is 18.3 Å². The lowest BCUT2D eigenvalue weighted by Crippen LogP contribution is -1.97. The van der Waals surface area contributed by atoms with Crippen molar-refractivity contribution in [2.24, 2.45) is 7.05 Å². The molecule has 0 saturated carbocycles. The Balaban J connectivity index is 1.85. The molecule has 3 aromatic rings. The normalized spacial score (nSPS) is 11.1.